The van der Waals surface area contributed by atoms with Gasteiger partial charge in [-0.25, -0.2) is 23.8 Å². The Hall–Kier alpha value is -4.73. The van der Waals surface area contributed by atoms with Gasteiger partial charge in [0.1, 0.15) is 11.5 Å². The molecular formula is C24H20N8O2. The van der Waals surface area contributed by atoms with Gasteiger partial charge >= 0.3 is 5.69 Å². The molecule has 0 saturated carbocycles. The Bertz CT molecular complexity index is 1740. The third-order valence-corrected chi connectivity index (χ3v) is 5.98. The van der Waals surface area contributed by atoms with Crippen LogP contribution in [0.25, 0.3) is 38.9 Å². The maximum atomic E-state index is 13.3. The van der Waals surface area contributed by atoms with Crippen LogP contribution in [0.1, 0.15) is 17.0 Å². The van der Waals surface area contributed by atoms with Gasteiger partial charge in [0.2, 0.25) is 5.95 Å². The van der Waals surface area contributed by atoms with E-state index in [1.807, 2.05) is 49.4 Å². The van der Waals surface area contributed by atoms with Crippen molar-refractivity contribution in [2.45, 2.75) is 20.4 Å². The molecular weight excluding hydrogens is 432 g/mol. The molecule has 0 spiro atoms. The van der Waals surface area contributed by atoms with E-state index in [1.54, 1.807) is 13.1 Å². The first kappa shape index (κ1) is 19.9. The van der Waals surface area contributed by atoms with Crippen molar-refractivity contribution in [1.29, 1.82) is 0 Å². The molecule has 10 nitrogen and oxygen atoms in total. The summed E-state index contributed by atoms with van der Waals surface area (Å²) in [5.41, 5.74) is 12.0. The second-order valence-electron chi connectivity index (χ2n) is 8.14. The van der Waals surface area contributed by atoms with Gasteiger partial charge in [-0.05, 0) is 37.1 Å². The van der Waals surface area contributed by atoms with Crippen LogP contribution in [0.3, 0.4) is 0 Å². The number of oxazole rings is 1. The van der Waals surface area contributed by atoms with Crippen LogP contribution in [0, 0.1) is 13.8 Å². The second-order valence-corrected chi connectivity index (χ2v) is 8.14. The van der Waals surface area contributed by atoms with E-state index in [0.717, 1.165) is 27.6 Å². The second kappa shape index (κ2) is 7.41. The van der Waals surface area contributed by atoms with Crippen molar-refractivity contribution < 1.29 is 4.42 Å². The topological polar surface area (TPSA) is 133 Å². The van der Waals surface area contributed by atoms with Gasteiger partial charge in [-0.3, -0.25) is 5.10 Å². The van der Waals surface area contributed by atoms with Gasteiger partial charge in [-0.2, -0.15) is 5.10 Å². The summed E-state index contributed by atoms with van der Waals surface area (Å²) in [6.45, 7) is 3.95. The van der Waals surface area contributed by atoms with E-state index in [4.69, 9.17) is 15.2 Å². The fourth-order valence-corrected chi connectivity index (χ4v) is 4.28. The molecule has 3 N–H and O–H groups in total. The first-order chi connectivity index (χ1) is 16.5. The molecule has 2 aromatic carbocycles. The largest absolute Gasteiger partial charge is 0.448 e. The molecule has 4 heterocycles. The van der Waals surface area contributed by atoms with Gasteiger partial charge in [0.05, 0.1) is 29.5 Å². The first-order valence-electron chi connectivity index (χ1n) is 10.7. The van der Waals surface area contributed by atoms with Crippen molar-refractivity contribution in [2.24, 2.45) is 0 Å². The predicted octanol–water partition coefficient (Wildman–Crippen LogP) is 3.34. The molecule has 0 aliphatic rings. The van der Waals surface area contributed by atoms with Crippen molar-refractivity contribution in [2.75, 3.05) is 5.73 Å². The summed E-state index contributed by atoms with van der Waals surface area (Å²) in [5, 5.41) is 12.8. The number of aryl methyl sites for hydroxylation is 2. The van der Waals surface area contributed by atoms with Gasteiger partial charge in [0, 0.05) is 10.9 Å². The lowest BCUT2D eigenvalue weighted by Gasteiger charge is -2.13. The summed E-state index contributed by atoms with van der Waals surface area (Å²) in [7, 11) is 0. The lowest BCUT2D eigenvalue weighted by Crippen LogP contribution is -2.24. The molecule has 168 valence electrons. The van der Waals surface area contributed by atoms with Crippen LogP contribution < -0.4 is 11.4 Å². The van der Waals surface area contributed by atoms with E-state index in [-0.39, 0.29) is 12.5 Å². The molecule has 0 atom stereocenters. The zero-order valence-electron chi connectivity index (χ0n) is 18.5. The summed E-state index contributed by atoms with van der Waals surface area (Å²) in [5.74, 6) is 0.688. The van der Waals surface area contributed by atoms with E-state index in [0.29, 0.717) is 28.4 Å². The van der Waals surface area contributed by atoms with Crippen LogP contribution in [0.2, 0.25) is 0 Å². The number of fused-ring (bicyclic) bond motifs is 2. The quantitative estimate of drug-likeness (QED) is 0.419. The molecule has 6 aromatic rings. The summed E-state index contributed by atoms with van der Waals surface area (Å²) in [6, 6.07) is 13.8. The van der Waals surface area contributed by atoms with E-state index in [1.165, 1.54) is 15.5 Å². The number of nitrogen functional groups attached to an aromatic ring is 1. The monoisotopic (exact) mass is 452 g/mol. The number of nitrogens with two attached hydrogens (primary N) is 1. The number of anilines is 1. The van der Waals surface area contributed by atoms with Gasteiger partial charge in [0.15, 0.2) is 12.0 Å². The highest BCUT2D eigenvalue weighted by atomic mass is 16.3. The number of benzene rings is 2. The fourth-order valence-electron chi connectivity index (χ4n) is 4.28. The highest BCUT2D eigenvalue weighted by molar-refractivity contribution is 5.95. The average Bonchev–Trinajstić information content (AvgIpc) is 3.55. The molecule has 0 aliphatic carbocycles. The zero-order valence-corrected chi connectivity index (χ0v) is 18.5. The van der Waals surface area contributed by atoms with E-state index < -0.39 is 5.69 Å². The number of H-pyrrole nitrogens is 1. The number of aromatic amines is 1. The predicted molar refractivity (Wildman–Crippen MR) is 127 cm³/mol. The Kier molecular flexibility index (Phi) is 4.34. The standard InChI is InChI=1S/C24H20N8O2/c1-13-8-16(9-17-10-27-29-20(13)17)19-21(15-6-4-3-5-7-15)28-23(25)32-22(19)30-31(24(32)33)11-18-14(2)34-12-26-18/h3-10,12H,11H2,1-2H3,(H2,25,28)(H,27,29). The molecule has 0 unspecified atom stereocenters. The molecule has 0 fully saturated rings. The van der Waals surface area contributed by atoms with Crippen LogP contribution in [0.4, 0.5) is 5.95 Å². The molecule has 34 heavy (non-hydrogen) atoms. The highest BCUT2D eigenvalue weighted by Gasteiger charge is 2.23. The normalized spacial score (nSPS) is 11.6. The van der Waals surface area contributed by atoms with Crippen molar-refractivity contribution in [1.82, 2.24) is 34.3 Å². The van der Waals surface area contributed by atoms with Crippen molar-refractivity contribution in [3.63, 3.8) is 0 Å². The number of aromatic nitrogens is 7. The zero-order chi connectivity index (χ0) is 23.4. The van der Waals surface area contributed by atoms with Crippen LogP contribution in [-0.4, -0.2) is 34.3 Å². The van der Waals surface area contributed by atoms with Crippen LogP contribution in [0.15, 0.2) is 64.3 Å². The molecule has 0 radical (unpaired) electrons. The fraction of sp³-hybridized carbons (Fsp3) is 0.125. The van der Waals surface area contributed by atoms with Gasteiger partial charge < -0.3 is 10.2 Å². The number of rotatable bonds is 4. The number of hydrogen-bond acceptors (Lipinski definition) is 7. The van der Waals surface area contributed by atoms with Crippen LogP contribution in [-0.2, 0) is 6.54 Å². The molecule has 0 aliphatic heterocycles. The summed E-state index contributed by atoms with van der Waals surface area (Å²) in [4.78, 5) is 22.2. The summed E-state index contributed by atoms with van der Waals surface area (Å²) < 4.78 is 7.96. The Labute approximate surface area is 192 Å². The Morgan fingerprint density at radius 3 is 2.71 bits per heavy atom. The maximum Gasteiger partial charge on any atom is 0.353 e. The van der Waals surface area contributed by atoms with Gasteiger partial charge in [-0.15, -0.1) is 5.10 Å². The third-order valence-electron chi connectivity index (χ3n) is 5.98. The Balaban J connectivity index is 1.69. The van der Waals surface area contributed by atoms with E-state index in [9.17, 15) is 4.79 Å². The number of nitrogens with zero attached hydrogens (tertiary/aromatic N) is 6. The molecule has 4 aromatic heterocycles. The lowest BCUT2D eigenvalue weighted by molar-refractivity contribution is 0.521. The Morgan fingerprint density at radius 2 is 1.94 bits per heavy atom. The minimum atomic E-state index is -0.399. The number of hydrogen-bond donors (Lipinski definition) is 2. The van der Waals surface area contributed by atoms with Crippen molar-refractivity contribution >= 4 is 22.5 Å². The van der Waals surface area contributed by atoms with Crippen LogP contribution >= 0.6 is 0 Å². The highest BCUT2D eigenvalue weighted by Crippen LogP contribution is 2.36. The summed E-state index contributed by atoms with van der Waals surface area (Å²) >= 11 is 0. The minimum absolute atomic E-state index is 0.0619. The van der Waals surface area contributed by atoms with Crippen molar-refractivity contribution in [3.8, 4) is 22.4 Å². The SMILES string of the molecule is Cc1ocnc1Cn1nc2c(-c3cc(C)c4[nH]ncc4c3)c(-c3ccccc3)nc(N)n2c1=O. The van der Waals surface area contributed by atoms with E-state index >= 15 is 0 Å². The molecule has 0 amide bonds. The average molecular weight is 452 g/mol. The molecule has 0 saturated heterocycles. The molecule has 6 rings (SSSR count). The maximum absolute atomic E-state index is 13.3. The summed E-state index contributed by atoms with van der Waals surface area (Å²) in [6.07, 6.45) is 3.12. The van der Waals surface area contributed by atoms with Gasteiger partial charge in [0.25, 0.3) is 0 Å². The van der Waals surface area contributed by atoms with E-state index in [2.05, 4.69) is 20.2 Å². The third kappa shape index (κ3) is 2.99. The van der Waals surface area contributed by atoms with Crippen molar-refractivity contribution in [3.05, 3.63) is 82.6 Å². The molecule has 10 heteroatoms. The smallest absolute Gasteiger partial charge is 0.353 e. The van der Waals surface area contributed by atoms with Crippen LogP contribution in [0.5, 0.6) is 0 Å². The van der Waals surface area contributed by atoms with Gasteiger partial charge in [-0.1, -0.05) is 30.3 Å². The minimum Gasteiger partial charge on any atom is -0.448 e. The first-order valence-corrected chi connectivity index (χ1v) is 10.7. The molecule has 0 bridgehead atoms. The number of nitrogens with one attached hydrogen (secondary N) is 1. The lowest BCUT2D eigenvalue weighted by atomic mass is 9.97. The Morgan fingerprint density at radius 1 is 1.12 bits per heavy atom.